The van der Waals surface area contributed by atoms with Gasteiger partial charge in [-0.15, -0.1) is 0 Å². The summed E-state index contributed by atoms with van der Waals surface area (Å²) < 4.78 is 10.5. The second-order valence-corrected chi connectivity index (χ2v) is 5.55. The van der Waals surface area contributed by atoms with E-state index in [0.717, 1.165) is 23.4 Å². The molecule has 124 valence electrons. The van der Waals surface area contributed by atoms with E-state index in [4.69, 9.17) is 9.26 Å². The lowest BCUT2D eigenvalue weighted by atomic mass is 10.1. The highest BCUT2D eigenvalue weighted by Gasteiger charge is 2.10. The van der Waals surface area contributed by atoms with Crippen molar-refractivity contribution >= 4 is 0 Å². The van der Waals surface area contributed by atoms with Crippen molar-refractivity contribution in [1.29, 1.82) is 0 Å². The molecule has 6 heteroatoms. The molecule has 0 saturated carbocycles. The van der Waals surface area contributed by atoms with E-state index in [-0.39, 0.29) is 6.04 Å². The minimum atomic E-state index is 0.260. The first-order valence-electron chi connectivity index (χ1n) is 7.85. The van der Waals surface area contributed by atoms with E-state index in [9.17, 15) is 0 Å². The number of ether oxygens (including phenoxy) is 1. The monoisotopic (exact) mass is 324 g/mol. The molecule has 0 bridgehead atoms. The third-order valence-corrected chi connectivity index (χ3v) is 3.66. The second-order valence-electron chi connectivity index (χ2n) is 5.55. The molecule has 0 unspecified atom stereocenters. The Kier molecular flexibility index (Phi) is 5.18. The maximum atomic E-state index is 5.31. The van der Waals surface area contributed by atoms with Gasteiger partial charge in [0, 0.05) is 29.9 Å². The Bertz CT molecular complexity index is 756. The normalized spacial score (nSPS) is 12.1. The molecule has 3 aromatic rings. The van der Waals surface area contributed by atoms with E-state index >= 15 is 0 Å². The third kappa shape index (κ3) is 4.17. The molecule has 24 heavy (non-hydrogen) atoms. The van der Waals surface area contributed by atoms with Crippen LogP contribution in [0, 0.1) is 0 Å². The number of aromatic nitrogens is 3. The topological polar surface area (TPSA) is 73.1 Å². The van der Waals surface area contributed by atoms with Crippen LogP contribution in [-0.4, -0.2) is 28.3 Å². The molecule has 1 aromatic carbocycles. The van der Waals surface area contributed by atoms with Crippen LogP contribution in [0.5, 0.6) is 5.75 Å². The summed E-state index contributed by atoms with van der Waals surface area (Å²) in [5, 5.41) is 7.40. The van der Waals surface area contributed by atoms with Gasteiger partial charge in [-0.1, -0.05) is 11.2 Å². The maximum Gasteiger partial charge on any atom is 0.240 e. The average Bonchev–Trinajstić information content (AvgIpc) is 3.10. The van der Waals surface area contributed by atoms with Gasteiger partial charge in [-0.25, -0.2) is 0 Å². The molecule has 2 aromatic heterocycles. The van der Waals surface area contributed by atoms with Gasteiger partial charge >= 0.3 is 0 Å². The van der Waals surface area contributed by atoms with E-state index in [1.807, 2.05) is 42.5 Å². The van der Waals surface area contributed by atoms with Gasteiger partial charge in [0.1, 0.15) is 5.75 Å². The van der Waals surface area contributed by atoms with Gasteiger partial charge in [-0.2, -0.15) is 4.98 Å². The number of rotatable bonds is 7. The summed E-state index contributed by atoms with van der Waals surface area (Å²) in [7, 11) is 1.64. The first-order chi connectivity index (χ1) is 11.7. The molecular formula is C18H20N4O2. The van der Waals surface area contributed by atoms with Crippen LogP contribution in [0.3, 0.4) is 0 Å². The number of nitrogens with one attached hydrogen (secondary N) is 1. The number of hydrogen-bond donors (Lipinski definition) is 1. The summed E-state index contributed by atoms with van der Waals surface area (Å²) in [5.41, 5.74) is 1.95. The van der Waals surface area contributed by atoms with Gasteiger partial charge < -0.3 is 14.6 Å². The molecule has 0 aliphatic heterocycles. The van der Waals surface area contributed by atoms with Crippen LogP contribution in [0.2, 0.25) is 0 Å². The van der Waals surface area contributed by atoms with Crippen LogP contribution in [0.15, 0.2) is 53.2 Å². The summed E-state index contributed by atoms with van der Waals surface area (Å²) in [6.45, 7) is 2.63. The molecule has 2 heterocycles. The van der Waals surface area contributed by atoms with Crippen LogP contribution in [0.4, 0.5) is 0 Å². The molecular weight excluding hydrogens is 304 g/mol. The molecule has 0 aliphatic carbocycles. The Balaban J connectivity index is 1.55. The van der Waals surface area contributed by atoms with Crippen LogP contribution in [0.25, 0.3) is 11.4 Å². The number of pyridine rings is 1. The van der Waals surface area contributed by atoms with Crippen LogP contribution < -0.4 is 10.1 Å². The lowest BCUT2D eigenvalue weighted by Crippen LogP contribution is -2.28. The van der Waals surface area contributed by atoms with Gasteiger partial charge in [0.15, 0.2) is 0 Å². The molecule has 0 aliphatic rings. The van der Waals surface area contributed by atoms with E-state index in [2.05, 4.69) is 27.4 Å². The van der Waals surface area contributed by atoms with Crippen molar-refractivity contribution < 1.29 is 9.26 Å². The summed E-state index contributed by atoms with van der Waals surface area (Å²) in [6, 6.07) is 13.8. The third-order valence-electron chi connectivity index (χ3n) is 3.66. The summed E-state index contributed by atoms with van der Waals surface area (Å²) in [4.78, 5) is 8.75. The zero-order valence-electron chi connectivity index (χ0n) is 13.8. The average molecular weight is 324 g/mol. The van der Waals surface area contributed by atoms with Crippen molar-refractivity contribution in [3.63, 3.8) is 0 Å². The van der Waals surface area contributed by atoms with Gasteiger partial charge in [0.05, 0.1) is 13.7 Å². The zero-order valence-corrected chi connectivity index (χ0v) is 13.8. The second kappa shape index (κ2) is 7.70. The lowest BCUT2D eigenvalue weighted by Gasteiger charge is -2.11. The first-order valence-corrected chi connectivity index (χ1v) is 7.85. The highest BCUT2D eigenvalue weighted by Crippen LogP contribution is 2.19. The highest BCUT2D eigenvalue weighted by atomic mass is 16.5. The van der Waals surface area contributed by atoms with E-state index in [0.29, 0.717) is 18.3 Å². The Morgan fingerprint density at radius 1 is 1.17 bits per heavy atom. The fraction of sp³-hybridized carbons (Fsp3) is 0.278. The molecule has 6 nitrogen and oxygen atoms in total. The van der Waals surface area contributed by atoms with Crippen molar-refractivity contribution in [3.8, 4) is 17.1 Å². The van der Waals surface area contributed by atoms with Crippen LogP contribution in [0.1, 0.15) is 18.5 Å². The number of nitrogens with zero attached hydrogens (tertiary/aromatic N) is 3. The van der Waals surface area contributed by atoms with Crippen molar-refractivity contribution in [2.75, 3.05) is 7.11 Å². The molecule has 1 N–H and O–H groups in total. The van der Waals surface area contributed by atoms with Crippen molar-refractivity contribution in [2.45, 2.75) is 25.9 Å². The molecule has 1 atom stereocenters. The Morgan fingerprint density at radius 3 is 2.71 bits per heavy atom. The van der Waals surface area contributed by atoms with Gasteiger partial charge in [-0.05, 0) is 43.3 Å². The number of methoxy groups -OCH3 is 1. The van der Waals surface area contributed by atoms with Gasteiger partial charge in [-0.3, -0.25) is 4.98 Å². The summed E-state index contributed by atoms with van der Waals surface area (Å²) >= 11 is 0. The maximum absolute atomic E-state index is 5.31. The first kappa shape index (κ1) is 16.1. The fourth-order valence-electron chi connectivity index (χ4n) is 2.35. The van der Waals surface area contributed by atoms with Gasteiger partial charge in [0.25, 0.3) is 0 Å². The minimum Gasteiger partial charge on any atom is -0.497 e. The largest absolute Gasteiger partial charge is 0.497 e. The highest BCUT2D eigenvalue weighted by molar-refractivity contribution is 5.55. The van der Waals surface area contributed by atoms with Crippen molar-refractivity contribution in [3.05, 3.63) is 60.2 Å². The van der Waals surface area contributed by atoms with Crippen LogP contribution >= 0.6 is 0 Å². The molecule has 0 spiro atoms. The minimum absolute atomic E-state index is 0.260. The molecule has 0 radical (unpaired) electrons. The Hall–Kier alpha value is -2.73. The predicted octanol–water partition coefficient (Wildman–Crippen LogP) is 2.86. The molecule has 3 rings (SSSR count). The van der Waals surface area contributed by atoms with Crippen molar-refractivity contribution in [2.24, 2.45) is 0 Å². The van der Waals surface area contributed by atoms with Gasteiger partial charge in [0.2, 0.25) is 11.7 Å². The van der Waals surface area contributed by atoms with E-state index in [1.165, 1.54) is 0 Å². The molecule has 0 saturated heterocycles. The fourth-order valence-corrected chi connectivity index (χ4v) is 2.35. The summed E-state index contributed by atoms with van der Waals surface area (Å²) in [6.07, 6.45) is 2.65. The van der Waals surface area contributed by atoms with E-state index in [1.54, 1.807) is 13.3 Å². The Labute approximate surface area is 140 Å². The Morgan fingerprint density at radius 2 is 2.00 bits per heavy atom. The standard InChI is InChI=1S/C18H20N4O2/c1-13(11-15-5-3-4-10-19-15)20-12-17-21-18(22-24-17)14-6-8-16(23-2)9-7-14/h3-10,13,20H,11-12H2,1-2H3/t13-/m0/s1. The lowest BCUT2D eigenvalue weighted by molar-refractivity contribution is 0.359. The van der Waals surface area contributed by atoms with Crippen molar-refractivity contribution in [1.82, 2.24) is 20.4 Å². The smallest absolute Gasteiger partial charge is 0.240 e. The van der Waals surface area contributed by atoms with Crippen LogP contribution in [-0.2, 0) is 13.0 Å². The molecule has 0 amide bonds. The number of benzene rings is 1. The molecule has 0 fully saturated rings. The summed E-state index contributed by atoms with van der Waals surface area (Å²) in [5.74, 6) is 1.94. The SMILES string of the molecule is COc1ccc(-c2noc(CN[C@@H](C)Cc3ccccn3)n2)cc1. The predicted molar refractivity (Wildman–Crippen MR) is 90.5 cm³/mol. The number of hydrogen-bond acceptors (Lipinski definition) is 6. The zero-order chi connectivity index (χ0) is 16.8. The quantitative estimate of drug-likeness (QED) is 0.720. The van der Waals surface area contributed by atoms with E-state index < -0.39 is 0 Å².